The van der Waals surface area contributed by atoms with E-state index in [2.05, 4.69) is 15.2 Å². The number of benzene rings is 1. The number of amides is 2. The average molecular weight is 405 g/mol. The highest BCUT2D eigenvalue weighted by Gasteiger charge is 2.24. The van der Waals surface area contributed by atoms with E-state index in [-0.39, 0.29) is 11.7 Å². The van der Waals surface area contributed by atoms with Crippen LogP contribution < -0.4 is 15.8 Å². The van der Waals surface area contributed by atoms with Crippen molar-refractivity contribution >= 4 is 17.6 Å². The number of anilines is 1. The average Bonchev–Trinajstić information content (AvgIpc) is 2.73. The number of methoxy groups -OCH3 is 1. The molecule has 0 radical (unpaired) electrons. The third-order valence-corrected chi connectivity index (χ3v) is 6.14. The van der Waals surface area contributed by atoms with Crippen LogP contribution in [0.2, 0.25) is 0 Å². The topological polar surface area (TPSA) is 79.9 Å². The van der Waals surface area contributed by atoms with Crippen LogP contribution in [0.3, 0.4) is 0 Å². The van der Waals surface area contributed by atoms with Crippen molar-refractivity contribution in [2.24, 2.45) is 22.6 Å². The zero-order chi connectivity index (χ0) is 20.6. The number of carbonyl (C=O) groups is 1. The van der Waals surface area contributed by atoms with Gasteiger partial charge in [0.05, 0.1) is 7.11 Å². The molecule has 2 fully saturated rings. The summed E-state index contributed by atoms with van der Waals surface area (Å²) in [7, 11) is 1.39. The van der Waals surface area contributed by atoms with Crippen LogP contribution in [0.25, 0.3) is 0 Å². The zero-order valence-corrected chi connectivity index (χ0v) is 17.3. The van der Waals surface area contributed by atoms with Crippen molar-refractivity contribution in [1.29, 1.82) is 0 Å². The molecule has 160 valence electrons. The second kappa shape index (κ2) is 10.6. The summed E-state index contributed by atoms with van der Waals surface area (Å²) in [4.78, 5) is 18.7. The predicted octanol–water partition coefficient (Wildman–Crippen LogP) is 4.41. The number of nitrogens with one attached hydrogen (secondary N) is 1. The van der Waals surface area contributed by atoms with Crippen LogP contribution in [0.15, 0.2) is 23.2 Å². The fraction of sp³-hybridized carbons (Fsp3) is 0.636. The number of nitrogens with zero attached hydrogens (tertiary/aromatic N) is 2. The van der Waals surface area contributed by atoms with E-state index in [0.29, 0.717) is 11.5 Å². The Hall–Kier alpha value is -2.15. The number of nitrogens with two attached hydrogens (primary N) is 1. The first kappa shape index (κ1) is 21.6. The van der Waals surface area contributed by atoms with Crippen LogP contribution in [0.1, 0.15) is 51.4 Å². The van der Waals surface area contributed by atoms with Gasteiger partial charge in [-0.2, -0.15) is 4.99 Å². The highest BCUT2D eigenvalue weighted by Crippen LogP contribution is 2.27. The molecule has 6 nitrogen and oxygen atoms in total. The first-order valence-electron chi connectivity index (χ1n) is 10.8. The SMILES string of the molecule is COc1ccc(NC(=O)/N=C(\N)C2CCCN(CCC3CCCCC3)C2)cc1F. The number of aliphatic imine (C=N–C) groups is 1. The van der Waals surface area contributed by atoms with Gasteiger partial charge in [0.15, 0.2) is 11.6 Å². The molecule has 1 aromatic carbocycles. The molecule has 3 rings (SSSR count). The molecule has 3 N–H and O–H groups in total. The van der Waals surface area contributed by atoms with Crippen molar-refractivity contribution in [2.75, 3.05) is 32.1 Å². The monoisotopic (exact) mass is 404 g/mol. The summed E-state index contributed by atoms with van der Waals surface area (Å²) in [5.74, 6) is 0.905. The smallest absolute Gasteiger partial charge is 0.347 e. The molecular formula is C22H33FN4O2. The Balaban J connectivity index is 1.50. The number of likely N-dealkylation sites (tertiary alicyclic amines) is 1. The number of halogens is 1. The molecule has 1 aromatic rings. The van der Waals surface area contributed by atoms with E-state index in [9.17, 15) is 9.18 Å². The van der Waals surface area contributed by atoms with Gasteiger partial charge >= 0.3 is 6.03 Å². The summed E-state index contributed by atoms with van der Waals surface area (Å²) in [6, 6.07) is 3.66. The van der Waals surface area contributed by atoms with E-state index in [1.54, 1.807) is 6.07 Å². The molecule has 1 heterocycles. The van der Waals surface area contributed by atoms with Gasteiger partial charge in [-0.1, -0.05) is 32.1 Å². The van der Waals surface area contributed by atoms with E-state index in [4.69, 9.17) is 10.5 Å². The lowest BCUT2D eigenvalue weighted by atomic mass is 9.86. The first-order chi connectivity index (χ1) is 14.0. The van der Waals surface area contributed by atoms with Crippen LogP contribution >= 0.6 is 0 Å². The Bertz CT molecular complexity index is 719. The molecule has 1 unspecified atom stereocenters. The maximum Gasteiger partial charge on any atom is 0.347 e. The van der Waals surface area contributed by atoms with E-state index in [1.165, 1.54) is 57.8 Å². The Labute approximate surface area is 172 Å². The third-order valence-electron chi connectivity index (χ3n) is 6.14. The normalized spacial score (nSPS) is 21.7. The molecule has 7 heteroatoms. The number of ether oxygens (including phenoxy) is 1. The van der Waals surface area contributed by atoms with Gasteiger partial charge in [0.25, 0.3) is 0 Å². The fourth-order valence-electron chi connectivity index (χ4n) is 4.45. The molecule has 29 heavy (non-hydrogen) atoms. The van der Waals surface area contributed by atoms with E-state index in [0.717, 1.165) is 38.4 Å². The maximum atomic E-state index is 13.8. The van der Waals surface area contributed by atoms with Gasteiger partial charge in [-0.05, 0) is 50.4 Å². The van der Waals surface area contributed by atoms with Crippen molar-refractivity contribution in [1.82, 2.24) is 4.90 Å². The van der Waals surface area contributed by atoms with Gasteiger partial charge in [0, 0.05) is 24.2 Å². The Morgan fingerprint density at radius 3 is 2.79 bits per heavy atom. The summed E-state index contributed by atoms with van der Waals surface area (Å²) < 4.78 is 18.6. The lowest BCUT2D eigenvalue weighted by Crippen LogP contribution is -2.42. The van der Waals surface area contributed by atoms with Gasteiger partial charge in [-0.25, -0.2) is 9.18 Å². The second-order valence-corrected chi connectivity index (χ2v) is 8.25. The molecule has 0 aromatic heterocycles. The minimum Gasteiger partial charge on any atom is -0.494 e. The minimum atomic E-state index is -0.577. The van der Waals surface area contributed by atoms with Crippen molar-refractivity contribution in [3.05, 3.63) is 24.0 Å². The van der Waals surface area contributed by atoms with Crippen molar-refractivity contribution in [3.63, 3.8) is 0 Å². The molecule has 2 amide bonds. The summed E-state index contributed by atoms with van der Waals surface area (Å²) >= 11 is 0. The first-order valence-corrected chi connectivity index (χ1v) is 10.8. The molecule has 1 atom stereocenters. The largest absolute Gasteiger partial charge is 0.494 e. The Morgan fingerprint density at radius 1 is 1.28 bits per heavy atom. The highest BCUT2D eigenvalue weighted by atomic mass is 19.1. The molecule has 1 aliphatic carbocycles. The number of rotatable bonds is 6. The quantitative estimate of drug-likeness (QED) is 0.544. The van der Waals surface area contributed by atoms with E-state index >= 15 is 0 Å². The van der Waals surface area contributed by atoms with E-state index < -0.39 is 11.8 Å². The number of amidine groups is 1. The fourth-order valence-corrected chi connectivity index (χ4v) is 4.45. The highest BCUT2D eigenvalue weighted by molar-refractivity contribution is 6.00. The van der Waals surface area contributed by atoms with Gasteiger partial charge in [0.1, 0.15) is 5.84 Å². The van der Waals surface area contributed by atoms with Crippen molar-refractivity contribution in [2.45, 2.75) is 51.4 Å². The number of carbonyl (C=O) groups excluding carboxylic acids is 1. The van der Waals surface area contributed by atoms with Crippen LogP contribution in [0, 0.1) is 17.7 Å². The third kappa shape index (κ3) is 6.42. The molecule has 1 aliphatic heterocycles. The lowest BCUT2D eigenvalue weighted by Gasteiger charge is -2.33. The number of piperidine rings is 1. The van der Waals surface area contributed by atoms with Crippen molar-refractivity contribution < 1.29 is 13.9 Å². The zero-order valence-electron chi connectivity index (χ0n) is 17.3. The summed E-state index contributed by atoms with van der Waals surface area (Å²) in [5, 5.41) is 2.57. The van der Waals surface area contributed by atoms with Gasteiger partial charge in [0.2, 0.25) is 0 Å². The van der Waals surface area contributed by atoms with Crippen LogP contribution in [0.5, 0.6) is 5.75 Å². The van der Waals surface area contributed by atoms with Crippen LogP contribution in [-0.4, -0.2) is 43.5 Å². The molecule has 1 saturated carbocycles. The maximum absolute atomic E-state index is 13.8. The molecule has 0 bridgehead atoms. The minimum absolute atomic E-state index is 0.0912. The second-order valence-electron chi connectivity index (χ2n) is 8.25. The van der Waals surface area contributed by atoms with Gasteiger partial charge in [-0.15, -0.1) is 0 Å². The van der Waals surface area contributed by atoms with Crippen LogP contribution in [-0.2, 0) is 0 Å². The predicted molar refractivity (Wildman–Crippen MR) is 114 cm³/mol. The Kier molecular flexibility index (Phi) is 7.86. The number of hydrogen-bond acceptors (Lipinski definition) is 3. The van der Waals surface area contributed by atoms with Crippen molar-refractivity contribution in [3.8, 4) is 5.75 Å². The standard InChI is InChI=1S/C22H33FN4O2/c1-29-20-10-9-18(14-19(20)23)25-22(28)26-21(24)17-8-5-12-27(15-17)13-11-16-6-3-2-4-7-16/h9-10,14,16-17H,2-8,11-13,15H2,1H3,(H3,24,25,26,28). The summed E-state index contributed by atoms with van der Waals surface area (Å²) in [5.41, 5.74) is 6.47. The molecular weight excluding hydrogens is 371 g/mol. The van der Waals surface area contributed by atoms with Crippen LogP contribution in [0.4, 0.5) is 14.9 Å². The molecule has 2 aliphatic rings. The van der Waals surface area contributed by atoms with Gasteiger partial charge in [-0.3, -0.25) is 0 Å². The van der Waals surface area contributed by atoms with E-state index in [1.807, 2.05) is 0 Å². The number of hydrogen-bond donors (Lipinski definition) is 2. The summed E-state index contributed by atoms with van der Waals surface area (Å²) in [6.45, 7) is 3.05. The summed E-state index contributed by atoms with van der Waals surface area (Å²) in [6.07, 6.45) is 10.1. The molecule has 1 saturated heterocycles. The Morgan fingerprint density at radius 2 is 2.07 bits per heavy atom. The van der Waals surface area contributed by atoms with Gasteiger partial charge < -0.3 is 20.7 Å². The number of urea groups is 1. The molecule has 0 spiro atoms. The lowest BCUT2D eigenvalue weighted by molar-refractivity contribution is 0.182.